The maximum absolute atomic E-state index is 12.1. The molecule has 0 heterocycles. The summed E-state index contributed by atoms with van der Waals surface area (Å²) in [4.78, 5) is 12.9. The van der Waals surface area contributed by atoms with E-state index >= 15 is 0 Å². The van der Waals surface area contributed by atoms with Gasteiger partial charge in [0.2, 0.25) is 0 Å². The van der Waals surface area contributed by atoms with E-state index in [0.29, 0.717) is 12.1 Å². The highest BCUT2D eigenvalue weighted by molar-refractivity contribution is 7.80. The first-order valence-corrected chi connectivity index (χ1v) is 6.64. The van der Waals surface area contributed by atoms with E-state index in [1.165, 1.54) is 6.42 Å². The first-order valence-electron chi connectivity index (χ1n) is 6.19. The van der Waals surface area contributed by atoms with Gasteiger partial charge in [-0.15, -0.1) is 12.6 Å². The molecule has 0 unspecified atom stereocenters. The first kappa shape index (κ1) is 13.4. The van der Waals surface area contributed by atoms with Crippen molar-refractivity contribution in [2.75, 3.05) is 13.7 Å². The van der Waals surface area contributed by atoms with Crippen molar-refractivity contribution in [2.24, 2.45) is 0 Å². The third-order valence-corrected chi connectivity index (χ3v) is 4.01. The molecule has 98 valence electrons. The second-order valence-electron chi connectivity index (χ2n) is 4.92. The van der Waals surface area contributed by atoms with Gasteiger partial charge >= 0.3 is 0 Å². The predicted molar refractivity (Wildman–Crippen MR) is 74.4 cm³/mol. The summed E-state index contributed by atoms with van der Waals surface area (Å²) < 4.78 is 5.48. The summed E-state index contributed by atoms with van der Waals surface area (Å²) in [6.07, 6.45) is 3.22. The van der Waals surface area contributed by atoms with Gasteiger partial charge in [-0.2, -0.15) is 0 Å². The van der Waals surface area contributed by atoms with Gasteiger partial charge < -0.3 is 10.1 Å². The predicted octanol–water partition coefficient (Wildman–Crippen LogP) is 2.58. The summed E-state index contributed by atoms with van der Waals surface area (Å²) in [5.74, 6) is -0.0493. The number of thiol groups is 1. The van der Waals surface area contributed by atoms with Crippen LogP contribution in [0.5, 0.6) is 0 Å². The molecule has 0 bridgehead atoms. The molecule has 1 aromatic carbocycles. The molecule has 0 spiro atoms. The summed E-state index contributed by atoms with van der Waals surface area (Å²) >= 11 is 4.26. The molecule has 1 fully saturated rings. The molecule has 1 aliphatic carbocycles. The van der Waals surface area contributed by atoms with Gasteiger partial charge in [0.05, 0.1) is 5.60 Å². The molecule has 0 radical (unpaired) electrons. The van der Waals surface area contributed by atoms with Gasteiger partial charge in [-0.25, -0.2) is 0 Å². The molecule has 1 saturated carbocycles. The fourth-order valence-corrected chi connectivity index (χ4v) is 2.42. The number of carbonyl (C=O) groups excluding carboxylic acids is 1. The first-order chi connectivity index (χ1) is 8.56. The summed E-state index contributed by atoms with van der Waals surface area (Å²) in [7, 11) is 1.71. The van der Waals surface area contributed by atoms with Gasteiger partial charge in [0.15, 0.2) is 0 Å². The average molecular weight is 265 g/mol. The third-order valence-electron chi connectivity index (χ3n) is 3.73. The van der Waals surface area contributed by atoms with E-state index in [1.54, 1.807) is 13.2 Å². The lowest BCUT2D eigenvalue weighted by molar-refractivity contribution is -0.0679. The van der Waals surface area contributed by atoms with Gasteiger partial charge in [0.25, 0.3) is 5.91 Å². The molecule has 1 amide bonds. The van der Waals surface area contributed by atoms with Crippen LogP contribution in [0.2, 0.25) is 0 Å². The van der Waals surface area contributed by atoms with Gasteiger partial charge in [0.1, 0.15) is 0 Å². The van der Waals surface area contributed by atoms with E-state index in [1.807, 2.05) is 19.1 Å². The van der Waals surface area contributed by atoms with Crippen LogP contribution in [0.25, 0.3) is 0 Å². The Morgan fingerprint density at radius 2 is 2.22 bits per heavy atom. The van der Waals surface area contributed by atoms with Crippen LogP contribution in [0.4, 0.5) is 0 Å². The highest BCUT2D eigenvalue weighted by Gasteiger charge is 2.37. The Hall–Kier alpha value is -1.00. The van der Waals surface area contributed by atoms with Gasteiger partial charge in [-0.1, -0.05) is 6.07 Å². The van der Waals surface area contributed by atoms with Crippen LogP contribution in [0, 0.1) is 6.92 Å². The highest BCUT2D eigenvalue weighted by Crippen LogP contribution is 2.34. The molecule has 0 saturated heterocycles. The second-order valence-corrected chi connectivity index (χ2v) is 5.44. The molecular weight excluding hydrogens is 246 g/mol. The molecular formula is C14H19NO2S. The maximum Gasteiger partial charge on any atom is 0.251 e. The molecule has 4 heteroatoms. The lowest BCUT2D eigenvalue weighted by Gasteiger charge is -2.40. The van der Waals surface area contributed by atoms with Crippen LogP contribution in [0.3, 0.4) is 0 Å². The summed E-state index contributed by atoms with van der Waals surface area (Å²) in [6.45, 7) is 2.51. The number of aryl methyl sites for hydroxylation is 1. The number of nitrogens with one attached hydrogen (secondary N) is 1. The zero-order valence-corrected chi connectivity index (χ0v) is 11.7. The molecule has 1 aliphatic rings. The largest absolute Gasteiger partial charge is 0.376 e. The molecule has 0 aromatic heterocycles. The number of benzene rings is 1. The Kier molecular flexibility index (Phi) is 3.97. The van der Waals surface area contributed by atoms with Crippen molar-refractivity contribution in [1.82, 2.24) is 5.32 Å². The number of hydrogen-bond acceptors (Lipinski definition) is 3. The van der Waals surface area contributed by atoms with Crippen LogP contribution in [-0.4, -0.2) is 25.2 Å². The van der Waals surface area contributed by atoms with Crippen molar-refractivity contribution in [3.63, 3.8) is 0 Å². The van der Waals surface area contributed by atoms with Gasteiger partial charge in [0, 0.05) is 24.1 Å². The molecule has 3 nitrogen and oxygen atoms in total. The lowest BCUT2D eigenvalue weighted by atomic mass is 9.80. The van der Waals surface area contributed by atoms with Crippen molar-refractivity contribution in [2.45, 2.75) is 36.7 Å². The quantitative estimate of drug-likeness (QED) is 0.821. The zero-order valence-electron chi connectivity index (χ0n) is 10.8. The van der Waals surface area contributed by atoms with Gasteiger partial charge in [-0.05, 0) is 43.9 Å². The van der Waals surface area contributed by atoms with Crippen LogP contribution in [0.15, 0.2) is 23.1 Å². The number of hydrogen-bond donors (Lipinski definition) is 2. The highest BCUT2D eigenvalue weighted by atomic mass is 32.1. The van der Waals surface area contributed by atoms with E-state index in [4.69, 9.17) is 4.74 Å². The summed E-state index contributed by atoms with van der Waals surface area (Å²) in [5, 5.41) is 2.96. The van der Waals surface area contributed by atoms with E-state index in [2.05, 4.69) is 17.9 Å². The molecule has 1 aromatic rings. The Labute approximate surface area is 113 Å². The lowest BCUT2D eigenvalue weighted by Crippen LogP contribution is -2.49. The van der Waals surface area contributed by atoms with Crippen LogP contribution < -0.4 is 5.32 Å². The Bertz CT molecular complexity index is 450. The topological polar surface area (TPSA) is 38.3 Å². The van der Waals surface area contributed by atoms with Crippen molar-refractivity contribution < 1.29 is 9.53 Å². The number of ether oxygens (including phenoxy) is 1. The normalized spacial score (nSPS) is 17.1. The van der Waals surface area contributed by atoms with E-state index in [9.17, 15) is 4.79 Å². The minimum absolute atomic E-state index is 0.0493. The molecule has 0 atom stereocenters. The van der Waals surface area contributed by atoms with Crippen molar-refractivity contribution in [3.8, 4) is 0 Å². The number of amides is 1. The molecule has 1 N–H and O–H groups in total. The Morgan fingerprint density at radius 1 is 1.50 bits per heavy atom. The second kappa shape index (κ2) is 5.33. The summed E-state index contributed by atoms with van der Waals surface area (Å²) in [6, 6.07) is 5.60. The Balaban J connectivity index is 2.01. The van der Waals surface area contributed by atoms with Crippen molar-refractivity contribution in [3.05, 3.63) is 29.3 Å². The maximum atomic E-state index is 12.1. The summed E-state index contributed by atoms with van der Waals surface area (Å²) in [5.41, 5.74) is 1.51. The zero-order chi connectivity index (χ0) is 13.2. The van der Waals surface area contributed by atoms with E-state index < -0.39 is 0 Å². The average Bonchev–Trinajstić information content (AvgIpc) is 2.31. The SMILES string of the molecule is COC1(CNC(=O)c2cc(S)ccc2C)CCC1. The fourth-order valence-electron chi connectivity index (χ4n) is 2.22. The van der Waals surface area contributed by atoms with E-state index in [0.717, 1.165) is 23.3 Å². The van der Waals surface area contributed by atoms with Gasteiger partial charge in [-0.3, -0.25) is 4.79 Å². The smallest absolute Gasteiger partial charge is 0.251 e. The monoisotopic (exact) mass is 265 g/mol. The fraction of sp³-hybridized carbons (Fsp3) is 0.500. The standard InChI is InChI=1S/C14H19NO2S/c1-10-4-5-11(18)8-12(10)13(16)15-9-14(17-2)6-3-7-14/h4-5,8,18H,3,6-7,9H2,1-2H3,(H,15,16). The third kappa shape index (κ3) is 2.70. The molecule has 18 heavy (non-hydrogen) atoms. The molecule has 2 rings (SSSR count). The number of carbonyl (C=O) groups is 1. The number of methoxy groups -OCH3 is 1. The minimum atomic E-state index is -0.137. The van der Waals surface area contributed by atoms with Crippen molar-refractivity contribution >= 4 is 18.5 Å². The number of rotatable bonds is 4. The Morgan fingerprint density at radius 3 is 2.78 bits per heavy atom. The molecule has 0 aliphatic heterocycles. The van der Waals surface area contributed by atoms with Crippen LogP contribution >= 0.6 is 12.6 Å². The van der Waals surface area contributed by atoms with Crippen LogP contribution in [-0.2, 0) is 4.74 Å². The van der Waals surface area contributed by atoms with E-state index in [-0.39, 0.29) is 11.5 Å². The van der Waals surface area contributed by atoms with Crippen molar-refractivity contribution in [1.29, 1.82) is 0 Å². The van der Waals surface area contributed by atoms with Crippen LogP contribution in [0.1, 0.15) is 35.2 Å². The minimum Gasteiger partial charge on any atom is -0.376 e.